The van der Waals surface area contributed by atoms with Crippen LogP contribution >= 0.6 is 11.8 Å². The maximum Gasteiger partial charge on any atom is 0.307 e. The zero-order valence-corrected chi connectivity index (χ0v) is 10.9. The molecular weight excluding hydrogens is 240 g/mol. The molecule has 0 saturated carbocycles. The van der Waals surface area contributed by atoms with Crippen molar-refractivity contribution in [3.8, 4) is 11.5 Å². The molecule has 0 bridgehead atoms. The summed E-state index contributed by atoms with van der Waals surface area (Å²) in [5.41, 5.74) is 0. The summed E-state index contributed by atoms with van der Waals surface area (Å²) in [6.45, 7) is 1.69. The van der Waals surface area contributed by atoms with Gasteiger partial charge in [0.15, 0.2) is 0 Å². The molecule has 1 rings (SSSR count). The van der Waals surface area contributed by atoms with E-state index in [4.69, 9.17) is 14.6 Å². The summed E-state index contributed by atoms with van der Waals surface area (Å²) in [6, 6.07) is 5.49. The Morgan fingerprint density at radius 2 is 2.12 bits per heavy atom. The standard InChI is InChI=1S/C12H16O4S/c1-8(12(13)14)7-17-11-5-4-9(15-2)6-10(11)16-3/h4-6,8H,7H2,1-3H3,(H,13,14). The summed E-state index contributed by atoms with van der Waals surface area (Å²) in [5, 5.41) is 8.80. The highest BCUT2D eigenvalue weighted by molar-refractivity contribution is 7.99. The third-order valence-corrected chi connectivity index (χ3v) is 3.60. The SMILES string of the molecule is COc1ccc(SCC(C)C(=O)O)c(OC)c1. The fraction of sp³-hybridized carbons (Fsp3) is 0.417. The first kappa shape index (κ1) is 13.7. The summed E-state index contributed by atoms with van der Waals surface area (Å²) in [4.78, 5) is 11.6. The molecular formula is C12H16O4S. The Balaban J connectivity index is 2.73. The van der Waals surface area contributed by atoms with Crippen LogP contribution in [-0.4, -0.2) is 31.0 Å². The van der Waals surface area contributed by atoms with Crippen molar-refractivity contribution in [2.24, 2.45) is 5.92 Å². The van der Waals surface area contributed by atoms with Crippen LogP contribution in [0.2, 0.25) is 0 Å². The number of benzene rings is 1. The van der Waals surface area contributed by atoms with E-state index in [0.717, 1.165) is 10.6 Å². The highest BCUT2D eigenvalue weighted by atomic mass is 32.2. The van der Waals surface area contributed by atoms with E-state index in [9.17, 15) is 4.79 Å². The molecule has 5 heteroatoms. The van der Waals surface area contributed by atoms with Gasteiger partial charge in [-0.3, -0.25) is 4.79 Å². The first-order valence-electron chi connectivity index (χ1n) is 5.16. The number of carbonyl (C=O) groups is 1. The molecule has 0 aliphatic rings. The molecule has 1 aromatic carbocycles. The molecule has 4 nitrogen and oxygen atoms in total. The van der Waals surface area contributed by atoms with E-state index in [0.29, 0.717) is 11.5 Å². The summed E-state index contributed by atoms with van der Waals surface area (Å²) in [6.07, 6.45) is 0. The topological polar surface area (TPSA) is 55.8 Å². The molecule has 0 fully saturated rings. The Hall–Kier alpha value is -1.36. The van der Waals surface area contributed by atoms with Gasteiger partial charge < -0.3 is 14.6 Å². The Kier molecular flexibility index (Phi) is 5.15. The van der Waals surface area contributed by atoms with Gasteiger partial charge in [0.05, 0.1) is 20.1 Å². The predicted molar refractivity (Wildman–Crippen MR) is 67.1 cm³/mol. The normalized spacial score (nSPS) is 11.9. The average Bonchev–Trinajstić information content (AvgIpc) is 2.35. The van der Waals surface area contributed by atoms with Gasteiger partial charge in [-0.2, -0.15) is 0 Å². The van der Waals surface area contributed by atoms with Crippen LogP contribution in [0.5, 0.6) is 11.5 Å². The lowest BCUT2D eigenvalue weighted by molar-refractivity contribution is -0.140. The van der Waals surface area contributed by atoms with E-state index >= 15 is 0 Å². The van der Waals surface area contributed by atoms with Gasteiger partial charge in [-0.15, -0.1) is 11.8 Å². The predicted octanol–water partition coefficient (Wildman–Crippen LogP) is 2.52. The highest BCUT2D eigenvalue weighted by Gasteiger charge is 2.13. The molecule has 1 aromatic rings. The van der Waals surface area contributed by atoms with E-state index in [1.54, 1.807) is 27.2 Å². The fourth-order valence-corrected chi connectivity index (χ4v) is 2.20. The summed E-state index contributed by atoms with van der Waals surface area (Å²) in [5.74, 6) is 0.763. The van der Waals surface area contributed by atoms with Gasteiger partial charge in [-0.1, -0.05) is 6.92 Å². The summed E-state index contributed by atoms with van der Waals surface area (Å²) >= 11 is 1.47. The van der Waals surface area contributed by atoms with Gasteiger partial charge in [0, 0.05) is 16.7 Å². The maximum atomic E-state index is 10.7. The second-order valence-corrected chi connectivity index (χ2v) is 4.63. The van der Waals surface area contributed by atoms with Gasteiger partial charge in [0.2, 0.25) is 0 Å². The zero-order chi connectivity index (χ0) is 12.8. The number of thioether (sulfide) groups is 1. The summed E-state index contributed by atoms with van der Waals surface area (Å²) < 4.78 is 10.3. The minimum Gasteiger partial charge on any atom is -0.497 e. The number of carboxylic acids is 1. The van der Waals surface area contributed by atoms with Crippen molar-refractivity contribution in [3.63, 3.8) is 0 Å². The van der Waals surface area contributed by atoms with Crippen molar-refractivity contribution in [1.29, 1.82) is 0 Å². The minimum atomic E-state index is -0.787. The molecule has 0 amide bonds. The Labute approximate surface area is 105 Å². The van der Waals surface area contributed by atoms with Crippen LogP contribution in [0.3, 0.4) is 0 Å². The first-order valence-corrected chi connectivity index (χ1v) is 6.14. The molecule has 0 radical (unpaired) electrons. The van der Waals surface area contributed by atoms with Crippen LogP contribution in [0, 0.1) is 5.92 Å². The number of ether oxygens (including phenoxy) is 2. The molecule has 0 aliphatic carbocycles. The van der Waals surface area contributed by atoms with Gasteiger partial charge in [0.1, 0.15) is 11.5 Å². The lowest BCUT2D eigenvalue weighted by atomic mass is 10.2. The number of methoxy groups -OCH3 is 2. The third kappa shape index (κ3) is 3.85. The molecule has 0 spiro atoms. The van der Waals surface area contributed by atoms with Crippen molar-refractivity contribution in [2.75, 3.05) is 20.0 Å². The second-order valence-electron chi connectivity index (χ2n) is 3.57. The number of aliphatic carboxylic acids is 1. The lowest BCUT2D eigenvalue weighted by Crippen LogP contribution is -2.11. The fourth-order valence-electron chi connectivity index (χ4n) is 1.18. The molecule has 0 aromatic heterocycles. The lowest BCUT2D eigenvalue weighted by Gasteiger charge is -2.11. The summed E-state index contributed by atoms with van der Waals surface area (Å²) in [7, 11) is 3.17. The van der Waals surface area contributed by atoms with Crippen molar-refractivity contribution in [1.82, 2.24) is 0 Å². The molecule has 1 atom stereocenters. The van der Waals surface area contributed by atoms with Crippen molar-refractivity contribution < 1.29 is 19.4 Å². The van der Waals surface area contributed by atoms with Crippen LogP contribution in [0.4, 0.5) is 0 Å². The van der Waals surface area contributed by atoms with Crippen molar-refractivity contribution in [2.45, 2.75) is 11.8 Å². The molecule has 0 aliphatic heterocycles. The van der Waals surface area contributed by atoms with E-state index in [-0.39, 0.29) is 5.92 Å². The second kappa shape index (κ2) is 6.39. The van der Waals surface area contributed by atoms with Gasteiger partial charge in [-0.25, -0.2) is 0 Å². The Morgan fingerprint density at radius 3 is 2.65 bits per heavy atom. The van der Waals surface area contributed by atoms with Crippen LogP contribution in [0.25, 0.3) is 0 Å². The van der Waals surface area contributed by atoms with E-state index in [1.807, 2.05) is 12.1 Å². The third-order valence-electron chi connectivity index (χ3n) is 2.28. The van der Waals surface area contributed by atoms with E-state index < -0.39 is 5.97 Å². The molecule has 94 valence electrons. The molecule has 0 heterocycles. The smallest absolute Gasteiger partial charge is 0.307 e. The molecule has 1 unspecified atom stereocenters. The highest BCUT2D eigenvalue weighted by Crippen LogP contribution is 2.33. The quantitative estimate of drug-likeness (QED) is 0.793. The van der Waals surface area contributed by atoms with Gasteiger partial charge in [-0.05, 0) is 12.1 Å². The first-order chi connectivity index (χ1) is 8.08. The Morgan fingerprint density at radius 1 is 1.41 bits per heavy atom. The minimum absolute atomic E-state index is 0.383. The number of hydrogen-bond acceptors (Lipinski definition) is 4. The van der Waals surface area contributed by atoms with Crippen LogP contribution in [-0.2, 0) is 4.79 Å². The Bertz CT molecular complexity index is 392. The molecule has 17 heavy (non-hydrogen) atoms. The number of hydrogen-bond donors (Lipinski definition) is 1. The van der Waals surface area contributed by atoms with Crippen molar-refractivity contribution >= 4 is 17.7 Å². The zero-order valence-electron chi connectivity index (χ0n) is 10.1. The monoisotopic (exact) mass is 256 g/mol. The average molecular weight is 256 g/mol. The maximum absolute atomic E-state index is 10.7. The molecule has 0 saturated heterocycles. The molecule has 1 N–H and O–H groups in total. The van der Waals surface area contributed by atoms with Crippen LogP contribution in [0.1, 0.15) is 6.92 Å². The largest absolute Gasteiger partial charge is 0.497 e. The number of rotatable bonds is 6. The van der Waals surface area contributed by atoms with E-state index in [2.05, 4.69) is 0 Å². The van der Waals surface area contributed by atoms with Gasteiger partial charge in [0.25, 0.3) is 0 Å². The van der Waals surface area contributed by atoms with Crippen LogP contribution < -0.4 is 9.47 Å². The van der Waals surface area contributed by atoms with Gasteiger partial charge >= 0.3 is 5.97 Å². The number of carboxylic acid groups (broad SMARTS) is 1. The van der Waals surface area contributed by atoms with Crippen LogP contribution in [0.15, 0.2) is 23.1 Å². The van der Waals surface area contributed by atoms with Crippen molar-refractivity contribution in [3.05, 3.63) is 18.2 Å². The van der Waals surface area contributed by atoms with E-state index in [1.165, 1.54) is 11.8 Å².